The molecule has 1 amide bonds. The molecule has 2 aromatic heterocycles. The molecule has 1 aromatic carbocycles. The zero-order chi connectivity index (χ0) is 19.2. The number of halogens is 3. The van der Waals surface area contributed by atoms with Crippen LogP contribution in [0.25, 0.3) is 22.4 Å². The van der Waals surface area contributed by atoms with Crippen molar-refractivity contribution in [1.82, 2.24) is 24.6 Å². The molecule has 6 nitrogen and oxygen atoms in total. The van der Waals surface area contributed by atoms with Gasteiger partial charge in [0.1, 0.15) is 11.2 Å². The van der Waals surface area contributed by atoms with Crippen molar-refractivity contribution in [3.8, 4) is 11.3 Å². The summed E-state index contributed by atoms with van der Waals surface area (Å²) in [4.78, 5) is 21.9. The van der Waals surface area contributed by atoms with Gasteiger partial charge in [-0.15, -0.1) is 0 Å². The molecule has 9 heteroatoms. The Balaban J connectivity index is 1.71. The lowest BCUT2D eigenvalue weighted by molar-refractivity contribution is -0.137. The monoisotopic (exact) mass is 373 g/mol. The Morgan fingerprint density at radius 1 is 1.15 bits per heavy atom. The standard InChI is InChI=1S/C18H14F3N5O/c1-2-14(27)25-9-13(10-25)26-17-16(22-7-8-23-17)15(24-26)11-3-5-12(6-4-11)18(19,20)21/h2-8,13H,1,9-10H2. The summed E-state index contributed by atoms with van der Waals surface area (Å²) in [5, 5.41) is 4.54. The fraction of sp³-hybridized carbons (Fsp3) is 0.222. The zero-order valence-corrected chi connectivity index (χ0v) is 14.0. The van der Waals surface area contributed by atoms with Gasteiger partial charge in [-0.3, -0.25) is 4.79 Å². The third-order valence-corrected chi connectivity index (χ3v) is 4.51. The van der Waals surface area contributed by atoms with Crippen molar-refractivity contribution in [2.24, 2.45) is 0 Å². The van der Waals surface area contributed by atoms with E-state index < -0.39 is 11.7 Å². The van der Waals surface area contributed by atoms with Gasteiger partial charge < -0.3 is 4.90 Å². The Morgan fingerprint density at radius 2 is 1.81 bits per heavy atom. The van der Waals surface area contributed by atoms with Crippen LogP contribution in [-0.4, -0.2) is 43.6 Å². The minimum absolute atomic E-state index is 0.0729. The second kappa shape index (κ2) is 6.19. The first-order valence-corrected chi connectivity index (χ1v) is 8.16. The normalized spacial score (nSPS) is 15.0. The van der Waals surface area contributed by atoms with Crippen LogP contribution in [0.5, 0.6) is 0 Å². The minimum Gasteiger partial charge on any atom is -0.335 e. The summed E-state index contributed by atoms with van der Waals surface area (Å²) < 4.78 is 40.0. The molecule has 0 radical (unpaired) electrons. The maximum Gasteiger partial charge on any atom is 0.416 e. The van der Waals surface area contributed by atoms with Crippen LogP contribution >= 0.6 is 0 Å². The fourth-order valence-corrected chi connectivity index (χ4v) is 3.05. The smallest absolute Gasteiger partial charge is 0.335 e. The van der Waals surface area contributed by atoms with Crippen LogP contribution in [0.2, 0.25) is 0 Å². The Hall–Kier alpha value is -3.23. The largest absolute Gasteiger partial charge is 0.416 e. The molecule has 0 bridgehead atoms. The first kappa shape index (κ1) is 17.2. The molecule has 27 heavy (non-hydrogen) atoms. The van der Waals surface area contributed by atoms with E-state index in [2.05, 4.69) is 21.6 Å². The van der Waals surface area contributed by atoms with Crippen molar-refractivity contribution >= 4 is 17.1 Å². The molecule has 0 saturated carbocycles. The lowest BCUT2D eigenvalue weighted by atomic mass is 10.1. The van der Waals surface area contributed by atoms with Gasteiger partial charge in [0.2, 0.25) is 5.91 Å². The van der Waals surface area contributed by atoms with Gasteiger partial charge in [0.15, 0.2) is 5.65 Å². The summed E-state index contributed by atoms with van der Waals surface area (Å²) >= 11 is 0. The highest BCUT2D eigenvalue weighted by molar-refractivity contribution is 5.89. The maximum absolute atomic E-state index is 12.8. The lowest BCUT2D eigenvalue weighted by Crippen LogP contribution is -2.50. The van der Waals surface area contributed by atoms with Gasteiger partial charge in [-0.05, 0) is 18.2 Å². The number of rotatable bonds is 3. The zero-order valence-electron chi connectivity index (χ0n) is 14.0. The first-order valence-electron chi connectivity index (χ1n) is 8.16. The van der Waals surface area contributed by atoms with Crippen molar-refractivity contribution in [3.05, 3.63) is 54.9 Å². The van der Waals surface area contributed by atoms with Gasteiger partial charge in [-0.25, -0.2) is 14.6 Å². The highest BCUT2D eigenvalue weighted by atomic mass is 19.4. The molecular formula is C18H14F3N5O. The van der Waals surface area contributed by atoms with E-state index in [1.165, 1.54) is 30.6 Å². The van der Waals surface area contributed by atoms with Crippen molar-refractivity contribution < 1.29 is 18.0 Å². The molecule has 138 valence electrons. The predicted octanol–water partition coefficient (Wildman–Crippen LogP) is 3.08. The summed E-state index contributed by atoms with van der Waals surface area (Å²) in [5.74, 6) is -0.156. The van der Waals surface area contributed by atoms with Crippen molar-refractivity contribution in [1.29, 1.82) is 0 Å². The summed E-state index contributed by atoms with van der Waals surface area (Å²) in [5.41, 5.74) is 1.29. The number of alkyl halides is 3. The lowest BCUT2D eigenvalue weighted by Gasteiger charge is -2.38. The Morgan fingerprint density at radius 3 is 2.44 bits per heavy atom. The number of aromatic nitrogens is 4. The van der Waals surface area contributed by atoms with Gasteiger partial charge in [0.25, 0.3) is 0 Å². The van der Waals surface area contributed by atoms with Crippen LogP contribution in [-0.2, 0) is 11.0 Å². The van der Waals surface area contributed by atoms with E-state index in [0.717, 1.165) is 12.1 Å². The Bertz CT molecular complexity index is 1020. The van der Waals surface area contributed by atoms with E-state index in [-0.39, 0.29) is 11.9 Å². The molecule has 1 aliphatic heterocycles. The highest BCUT2D eigenvalue weighted by Gasteiger charge is 2.34. The molecule has 1 fully saturated rings. The molecule has 3 heterocycles. The number of carbonyl (C=O) groups excluding carboxylic acids is 1. The van der Waals surface area contributed by atoms with Gasteiger partial charge in [0.05, 0.1) is 11.6 Å². The first-order chi connectivity index (χ1) is 12.9. The molecule has 0 N–H and O–H groups in total. The number of nitrogens with zero attached hydrogens (tertiary/aromatic N) is 5. The van der Waals surface area contributed by atoms with Crippen molar-refractivity contribution in [2.45, 2.75) is 12.2 Å². The fourth-order valence-electron chi connectivity index (χ4n) is 3.05. The SMILES string of the molecule is C=CC(=O)N1CC(n2nc(-c3ccc(C(F)(F)F)cc3)c3nccnc32)C1. The molecule has 0 aliphatic carbocycles. The molecule has 0 atom stereocenters. The number of carbonyl (C=O) groups is 1. The van der Waals surface area contributed by atoms with E-state index in [4.69, 9.17) is 0 Å². The average Bonchev–Trinajstić information content (AvgIpc) is 2.99. The van der Waals surface area contributed by atoms with Gasteiger partial charge in [-0.1, -0.05) is 18.7 Å². The van der Waals surface area contributed by atoms with E-state index in [1.54, 1.807) is 9.58 Å². The molecule has 3 aromatic rings. The number of benzene rings is 1. The minimum atomic E-state index is -4.40. The van der Waals surface area contributed by atoms with E-state index in [1.807, 2.05) is 0 Å². The Labute approximate surface area is 151 Å². The third kappa shape index (κ3) is 2.94. The average molecular weight is 373 g/mol. The second-order valence-electron chi connectivity index (χ2n) is 6.20. The van der Waals surface area contributed by atoms with Gasteiger partial charge >= 0.3 is 6.18 Å². The van der Waals surface area contributed by atoms with E-state index in [0.29, 0.717) is 35.5 Å². The summed E-state index contributed by atoms with van der Waals surface area (Å²) in [7, 11) is 0. The molecule has 0 spiro atoms. The van der Waals surface area contributed by atoms with E-state index >= 15 is 0 Å². The van der Waals surface area contributed by atoms with Crippen LogP contribution in [0.15, 0.2) is 49.3 Å². The van der Waals surface area contributed by atoms with Crippen LogP contribution in [0.1, 0.15) is 11.6 Å². The Kier molecular flexibility index (Phi) is 3.94. The van der Waals surface area contributed by atoms with Crippen molar-refractivity contribution in [3.63, 3.8) is 0 Å². The second-order valence-corrected chi connectivity index (χ2v) is 6.20. The molecular weight excluding hydrogens is 359 g/mol. The highest BCUT2D eigenvalue weighted by Crippen LogP contribution is 2.33. The summed E-state index contributed by atoms with van der Waals surface area (Å²) in [6.07, 6.45) is -0.101. The quantitative estimate of drug-likeness (QED) is 0.662. The molecule has 1 saturated heterocycles. The number of amides is 1. The van der Waals surface area contributed by atoms with Crippen LogP contribution in [0.3, 0.4) is 0 Å². The van der Waals surface area contributed by atoms with E-state index in [9.17, 15) is 18.0 Å². The van der Waals surface area contributed by atoms with Crippen molar-refractivity contribution in [2.75, 3.05) is 13.1 Å². The van der Waals surface area contributed by atoms with Gasteiger partial charge in [-0.2, -0.15) is 18.3 Å². The third-order valence-electron chi connectivity index (χ3n) is 4.51. The topological polar surface area (TPSA) is 63.9 Å². The summed E-state index contributed by atoms with van der Waals surface area (Å²) in [6.45, 7) is 4.39. The van der Waals surface area contributed by atoms with Gasteiger partial charge in [0, 0.05) is 31.0 Å². The number of hydrogen-bond acceptors (Lipinski definition) is 4. The number of likely N-dealkylation sites (tertiary alicyclic amines) is 1. The summed E-state index contributed by atoms with van der Waals surface area (Å²) in [6, 6.07) is 4.71. The van der Waals surface area contributed by atoms with Crippen LogP contribution in [0, 0.1) is 0 Å². The maximum atomic E-state index is 12.8. The molecule has 0 unspecified atom stereocenters. The number of hydrogen-bond donors (Lipinski definition) is 0. The van der Waals surface area contributed by atoms with Crippen LogP contribution < -0.4 is 0 Å². The number of fused-ring (bicyclic) bond motifs is 1. The predicted molar refractivity (Wildman–Crippen MR) is 91.6 cm³/mol. The molecule has 1 aliphatic rings. The van der Waals surface area contributed by atoms with Crippen LogP contribution in [0.4, 0.5) is 13.2 Å². The molecule has 4 rings (SSSR count).